The van der Waals surface area contributed by atoms with Crippen LogP contribution in [0.2, 0.25) is 0 Å². The van der Waals surface area contributed by atoms with E-state index in [1.165, 1.54) is 30.6 Å². The molecule has 3 unspecified atom stereocenters. The Morgan fingerprint density at radius 1 is 1.32 bits per heavy atom. The van der Waals surface area contributed by atoms with E-state index in [4.69, 9.17) is 0 Å². The summed E-state index contributed by atoms with van der Waals surface area (Å²) in [4.78, 5) is 2.61. The Bertz CT molecular complexity index is 398. The van der Waals surface area contributed by atoms with Gasteiger partial charge in [-0.15, -0.1) is 0 Å². The number of piperidine rings is 1. The Labute approximate surface area is 118 Å². The fraction of sp³-hybridized carbons (Fsp3) is 0.647. The maximum atomic E-state index is 3.44. The molecule has 2 heteroatoms. The molecule has 106 valence electrons. The molecule has 0 aromatic heterocycles. The van der Waals surface area contributed by atoms with Crippen molar-refractivity contribution in [2.24, 2.45) is 5.92 Å². The van der Waals surface area contributed by atoms with Gasteiger partial charge in [0.15, 0.2) is 0 Å². The molecule has 1 aliphatic heterocycles. The quantitative estimate of drug-likeness (QED) is 0.881. The van der Waals surface area contributed by atoms with Gasteiger partial charge in [-0.2, -0.15) is 0 Å². The van der Waals surface area contributed by atoms with Crippen LogP contribution in [-0.4, -0.2) is 19.6 Å². The molecule has 0 aliphatic carbocycles. The van der Waals surface area contributed by atoms with Crippen molar-refractivity contribution in [3.63, 3.8) is 0 Å². The van der Waals surface area contributed by atoms with E-state index >= 15 is 0 Å². The summed E-state index contributed by atoms with van der Waals surface area (Å²) in [5.74, 6) is 0.865. The van der Waals surface area contributed by atoms with E-state index in [2.05, 4.69) is 62.3 Å². The Morgan fingerprint density at radius 2 is 2.05 bits per heavy atom. The van der Waals surface area contributed by atoms with Crippen molar-refractivity contribution in [2.45, 2.75) is 52.1 Å². The van der Waals surface area contributed by atoms with E-state index in [0.29, 0.717) is 12.1 Å². The molecule has 0 spiro atoms. The topological polar surface area (TPSA) is 15.3 Å². The minimum Gasteiger partial charge on any atom is -0.369 e. The second kappa shape index (κ2) is 6.42. The Morgan fingerprint density at radius 3 is 2.68 bits per heavy atom. The summed E-state index contributed by atoms with van der Waals surface area (Å²) in [6, 6.07) is 10.0. The monoisotopic (exact) mass is 260 g/mol. The van der Waals surface area contributed by atoms with Crippen LogP contribution in [0.4, 0.5) is 5.69 Å². The number of hydrogen-bond donors (Lipinski definition) is 1. The summed E-state index contributed by atoms with van der Waals surface area (Å²) >= 11 is 0. The van der Waals surface area contributed by atoms with Crippen LogP contribution < -0.4 is 10.2 Å². The number of rotatable bonds is 4. The standard InChI is InChI=1S/C17H28N2/c1-5-16(18-4)15-8-6-7-9-17(15)19-11-10-13(2)12-14(19)3/h6-9,13-14,16,18H,5,10-12H2,1-4H3. The molecule has 1 heterocycles. The van der Waals surface area contributed by atoms with Crippen molar-refractivity contribution >= 4 is 5.69 Å². The molecule has 1 N–H and O–H groups in total. The molecule has 2 nitrogen and oxygen atoms in total. The van der Waals surface area contributed by atoms with Gasteiger partial charge in [0, 0.05) is 24.3 Å². The SMILES string of the molecule is CCC(NC)c1ccccc1N1CCC(C)CC1C. The van der Waals surface area contributed by atoms with Crippen LogP contribution in [0.3, 0.4) is 0 Å². The third-order valence-electron chi connectivity index (χ3n) is 4.52. The number of nitrogens with one attached hydrogen (secondary N) is 1. The van der Waals surface area contributed by atoms with Crippen molar-refractivity contribution < 1.29 is 0 Å². The van der Waals surface area contributed by atoms with E-state index in [0.717, 1.165) is 12.3 Å². The second-order valence-corrected chi connectivity index (χ2v) is 5.98. The number of benzene rings is 1. The lowest BCUT2D eigenvalue weighted by atomic mass is 9.91. The molecule has 0 bridgehead atoms. The van der Waals surface area contributed by atoms with Gasteiger partial charge in [-0.3, -0.25) is 0 Å². The molecule has 1 aliphatic rings. The van der Waals surface area contributed by atoms with Gasteiger partial charge in [-0.25, -0.2) is 0 Å². The van der Waals surface area contributed by atoms with Crippen LogP contribution in [0, 0.1) is 5.92 Å². The van der Waals surface area contributed by atoms with Crippen LogP contribution in [0.25, 0.3) is 0 Å². The molecular formula is C17H28N2. The molecule has 0 saturated carbocycles. The molecule has 19 heavy (non-hydrogen) atoms. The van der Waals surface area contributed by atoms with E-state index in [-0.39, 0.29) is 0 Å². The molecule has 1 saturated heterocycles. The van der Waals surface area contributed by atoms with Gasteiger partial charge in [0.1, 0.15) is 0 Å². The molecular weight excluding hydrogens is 232 g/mol. The molecule has 2 rings (SSSR count). The minimum absolute atomic E-state index is 0.461. The maximum Gasteiger partial charge on any atom is 0.0417 e. The molecule has 1 fully saturated rings. The molecule has 1 aromatic rings. The minimum atomic E-state index is 0.461. The van der Waals surface area contributed by atoms with Crippen molar-refractivity contribution in [1.29, 1.82) is 0 Å². The zero-order chi connectivity index (χ0) is 13.8. The smallest absolute Gasteiger partial charge is 0.0417 e. The molecule has 1 aromatic carbocycles. The normalized spacial score (nSPS) is 25.4. The van der Waals surface area contributed by atoms with Crippen molar-refractivity contribution in [3.8, 4) is 0 Å². The highest BCUT2D eigenvalue weighted by Crippen LogP contribution is 2.33. The van der Waals surface area contributed by atoms with E-state index in [1.807, 2.05) is 0 Å². The van der Waals surface area contributed by atoms with Crippen LogP contribution >= 0.6 is 0 Å². The number of nitrogens with zero attached hydrogens (tertiary/aromatic N) is 1. The highest BCUT2D eigenvalue weighted by molar-refractivity contribution is 5.56. The fourth-order valence-corrected chi connectivity index (χ4v) is 3.39. The van der Waals surface area contributed by atoms with Gasteiger partial charge in [0.25, 0.3) is 0 Å². The summed E-state index contributed by atoms with van der Waals surface area (Å²) in [5, 5.41) is 3.44. The fourth-order valence-electron chi connectivity index (χ4n) is 3.39. The first-order valence-corrected chi connectivity index (χ1v) is 7.70. The van der Waals surface area contributed by atoms with Gasteiger partial charge in [0.2, 0.25) is 0 Å². The Balaban J connectivity index is 2.29. The van der Waals surface area contributed by atoms with Gasteiger partial charge in [0.05, 0.1) is 0 Å². The van der Waals surface area contributed by atoms with Crippen molar-refractivity contribution in [2.75, 3.05) is 18.5 Å². The molecule has 0 radical (unpaired) electrons. The first-order chi connectivity index (χ1) is 9.17. The predicted octanol–water partition coefficient (Wildman–Crippen LogP) is 3.98. The lowest BCUT2D eigenvalue weighted by molar-refractivity contribution is 0.376. The van der Waals surface area contributed by atoms with Crippen LogP contribution in [0.5, 0.6) is 0 Å². The summed E-state index contributed by atoms with van der Waals surface area (Å²) in [5.41, 5.74) is 2.89. The van der Waals surface area contributed by atoms with E-state index in [9.17, 15) is 0 Å². The van der Waals surface area contributed by atoms with Gasteiger partial charge in [-0.05, 0) is 50.8 Å². The van der Waals surface area contributed by atoms with Crippen molar-refractivity contribution in [3.05, 3.63) is 29.8 Å². The second-order valence-electron chi connectivity index (χ2n) is 5.98. The van der Waals surface area contributed by atoms with E-state index in [1.54, 1.807) is 0 Å². The maximum absolute atomic E-state index is 3.44. The summed E-state index contributed by atoms with van der Waals surface area (Å²) in [6.45, 7) is 8.19. The molecule has 0 amide bonds. The van der Waals surface area contributed by atoms with Crippen LogP contribution in [0.1, 0.15) is 51.6 Å². The zero-order valence-corrected chi connectivity index (χ0v) is 12.8. The number of para-hydroxylation sites is 1. The summed E-state index contributed by atoms with van der Waals surface area (Å²) < 4.78 is 0. The lowest BCUT2D eigenvalue weighted by Crippen LogP contribution is -2.41. The Hall–Kier alpha value is -1.02. The highest BCUT2D eigenvalue weighted by Gasteiger charge is 2.25. The summed E-state index contributed by atoms with van der Waals surface area (Å²) in [7, 11) is 2.06. The van der Waals surface area contributed by atoms with Crippen LogP contribution in [0.15, 0.2) is 24.3 Å². The third kappa shape index (κ3) is 3.11. The van der Waals surface area contributed by atoms with Gasteiger partial charge >= 0.3 is 0 Å². The number of anilines is 1. The predicted molar refractivity (Wildman–Crippen MR) is 83.7 cm³/mol. The Kier molecular flexibility index (Phi) is 4.87. The van der Waals surface area contributed by atoms with E-state index < -0.39 is 0 Å². The average Bonchev–Trinajstić information content (AvgIpc) is 2.41. The highest BCUT2D eigenvalue weighted by atomic mass is 15.2. The lowest BCUT2D eigenvalue weighted by Gasteiger charge is -2.40. The average molecular weight is 260 g/mol. The number of hydrogen-bond acceptors (Lipinski definition) is 2. The first kappa shape index (κ1) is 14.4. The summed E-state index contributed by atoms with van der Waals surface area (Å²) in [6.07, 6.45) is 3.76. The largest absolute Gasteiger partial charge is 0.369 e. The van der Waals surface area contributed by atoms with Gasteiger partial charge < -0.3 is 10.2 Å². The van der Waals surface area contributed by atoms with Crippen molar-refractivity contribution in [1.82, 2.24) is 5.32 Å². The molecule has 3 atom stereocenters. The van der Waals surface area contributed by atoms with Crippen LogP contribution in [-0.2, 0) is 0 Å². The van der Waals surface area contributed by atoms with Gasteiger partial charge in [-0.1, -0.05) is 32.0 Å². The third-order valence-corrected chi connectivity index (χ3v) is 4.52. The first-order valence-electron chi connectivity index (χ1n) is 7.70. The zero-order valence-electron chi connectivity index (χ0n) is 12.8.